The predicted octanol–water partition coefficient (Wildman–Crippen LogP) is 6.01. The third-order valence-electron chi connectivity index (χ3n) is 7.95. The lowest BCUT2D eigenvalue weighted by molar-refractivity contribution is -0.0118. The fourth-order valence-corrected chi connectivity index (χ4v) is 5.93. The normalized spacial score (nSPS) is 20.6. The van der Waals surface area contributed by atoms with Gasteiger partial charge in [-0.1, -0.05) is 12.5 Å². The Hall–Kier alpha value is -3.69. The molecule has 2 atom stereocenters. The van der Waals surface area contributed by atoms with E-state index in [4.69, 9.17) is 0 Å². The smallest absolute Gasteiger partial charge is 0.265 e. The third kappa shape index (κ3) is 5.90. The number of hydrogen-bond donors (Lipinski definition) is 1. The molecule has 2 fully saturated rings. The third-order valence-corrected chi connectivity index (χ3v) is 7.95. The number of rotatable bonds is 8. The Kier molecular flexibility index (Phi) is 7.96. The van der Waals surface area contributed by atoms with E-state index in [0.717, 1.165) is 38.2 Å². The van der Waals surface area contributed by atoms with Crippen LogP contribution >= 0.6 is 0 Å². The summed E-state index contributed by atoms with van der Waals surface area (Å²) in [6.45, 7) is 4.00. The van der Waals surface area contributed by atoms with Gasteiger partial charge in [-0.2, -0.15) is 0 Å². The van der Waals surface area contributed by atoms with Gasteiger partial charge in [-0.3, -0.25) is 14.2 Å². The molecule has 3 aromatic rings. The summed E-state index contributed by atoms with van der Waals surface area (Å²) in [6.07, 6.45) is 8.21. The minimum Gasteiger partial charge on any atom is -0.352 e. The zero-order chi connectivity index (χ0) is 28.4. The van der Waals surface area contributed by atoms with Crippen LogP contribution in [0.25, 0.3) is 16.7 Å². The molecule has 1 amide bonds. The van der Waals surface area contributed by atoms with Crippen molar-refractivity contribution in [2.75, 3.05) is 24.5 Å². The molecule has 1 saturated carbocycles. The molecular formula is C30H32F4N4O2. The monoisotopic (exact) mass is 556 g/mol. The summed E-state index contributed by atoms with van der Waals surface area (Å²) < 4.78 is 58.0. The van der Waals surface area contributed by atoms with E-state index in [2.05, 4.69) is 16.9 Å². The van der Waals surface area contributed by atoms with Gasteiger partial charge in [0.1, 0.15) is 23.0 Å². The van der Waals surface area contributed by atoms with Gasteiger partial charge in [0.2, 0.25) is 5.43 Å². The highest BCUT2D eigenvalue weighted by Gasteiger charge is 2.36. The number of allylic oxidation sites excluding steroid dienone is 1. The molecule has 212 valence electrons. The minimum absolute atomic E-state index is 0.0161. The molecule has 1 aliphatic heterocycles. The maximum atomic E-state index is 14.9. The highest BCUT2D eigenvalue weighted by atomic mass is 19.3. The van der Waals surface area contributed by atoms with Crippen LogP contribution in [0, 0.1) is 23.5 Å². The molecule has 6 nitrogen and oxygen atoms in total. The first kappa shape index (κ1) is 27.9. The number of hydrogen-bond acceptors (Lipinski definition) is 4. The molecule has 2 aromatic heterocycles. The highest BCUT2D eigenvalue weighted by molar-refractivity contribution is 5.97. The predicted molar refractivity (Wildman–Crippen MR) is 146 cm³/mol. The number of fused-ring (bicyclic) bond motifs is 1. The Bertz CT molecular complexity index is 1490. The molecule has 0 radical (unpaired) electrons. The molecule has 2 unspecified atom stereocenters. The second kappa shape index (κ2) is 11.4. The summed E-state index contributed by atoms with van der Waals surface area (Å²) in [5.41, 5.74) is -0.974. The van der Waals surface area contributed by atoms with Gasteiger partial charge in [0, 0.05) is 31.8 Å². The summed E-state index contributed by atoms with van der Waals surface area (Å²) >= 11 is 0. The van der Waals surface area contributed by atoms with Crippen molar-refractivity contribution < 1.29 is 22.4 Å². The molecule has 0 bridgehead atoms. The highest BCUT2D eigenvalue weighted by Crippen LogP contribution is 2.35. The number of anilines is 1. The van der Waals surface area contributed by atoms with Crippen LogP contribution in [0.15, 0.2) is 54.0 Å². The number of halogens is 4. The lowest BCUT2D eigenvalue weighted by Crippen LogP contribution is -2.43. The Morgan fingerprint density at radius 1 is 1.18 bits per heavy atom. The van der Waals surface area contributed by atoms with Gasteiger partial charge in [0.25, 0.3) is 11.8 Å². The first-order chi connectivity index (χ1) is 19.1. The molecule has 5 rings (SSSR count). The number of nitrogens with zero attached hydrogens (tertiary/aromatic N) is 3. The van der Waals surface area contributed by atoms with Crippen LogP contribution in [0.3, 0.4) is 0 Å². The average Bonchev–Trinajstić information content (AvgIpc) is 3.36. The van der Waals surface area contributed by atoms with E-state index in [1.807, 2.05) is 6.08 Å². The van der Waals surface area contributed by atoms with Crippen LogP contribution in [0.2, 0.25) is 0 Å². The molecule has 1 saturated heterocycles. The van der Waals surface area contributed by atoms with Crippen LogP contribution in [0.1, 0.15) is 55.3 Å². The quantitative estimate of drug-likeness (QED) is 0.273. The van der Waals surface area contributed by atoms with Crippen molar-refractivity contribution in [2.24, 2.45) is 11.8 Å². The molecule has 1 aromatic carbocycles. The SMILES string of the molecule is C=CCC1CCC(CCNC(=O)c2cn(-c3ccc(F)cc3F)c3nc(N4CCCC(F)(F)C4)ccc3c2=O)C1. The van der Waals surface area contributed by atoms with Crippen LogP contribution in [0.5, 0.6) is 0 Å². The van der Waals surface area contributed by atoms with E-state index in [1.54, 1.807) is 0 Å². The Balaban J connectivity index is 1.47. The number of nitrogens with one attached hydrogen (secondary N) is 1. The molecular weight excluding hydrogens is 524 g/mol. The molecule has 1 aliphatic carbocycles. The van der Waals surface area contributed by atoms with Crippen LogP contribution in [-0.2, 0) is 0 Å². The van der Waals surface area contributed by atoms with Crippen molar-refractivity contribution in [1.82, 2.24) is 14.9 Å². The average molecular weight is 557 g/mol. The largest absolute Gasteiger partial charge is 0.352 e. The number of piperidine rings is 1. The van der Waals surface area contributed by atoms with Crippen molar-refractivity contribution in [3.63, 3.8) is 0 Å². The summed E-state index contributed by atoms with van der Waals surface area (Å²) in [5.74, 6) is -3.92. The maximum absolute atomic E-state index is 14.9. The van der Waals surface area contributed by atoms with E-state index in [9.17, 15) is 27.2 Å². The molecule has 10 heteroatoms. The number of pyridine rings is 2. The number of carbonyl (C=O) groups is 1. The zero-order valence-corrected chi connectivity index (χ0v) is 22.1. The second-order valence-electron chi connectivity index (χ2n) is 10.9. The molecule has 0 spiro atoms. The fraction of sp³-hybridized carbons (Fsp3) is 0.433. The number of alkyl halides is 2. The van der Waals surface area contributed by atoms with E-state index >= 15 is 0 Å². The van der Waals surface area contributed by atoms with E-state index in [-0.39, 0.29) is 40.9 Å². The minimum atomic E-state index is -2.88. The lowest BCUT2D eigenvalue weighted by Gasteiger charge is -2.33. The van der Waals surface area contributed by atoms with Gasteiger partial charge in [0.15, 0.2) is 5.65 Å². The fourth-order valence-electron chi connectivity index (χ4n) is 5.93. The van der Waals surface area contributed by atoms with E-state index in [0.29, 0.717) is 31.0 Å². The second-order valence-corrected chi connectivity index (χ2v) is 10.9. The number of carbonyl (C=O) groups excluding carboxylic acids is 1. The van der Waals surface area contributed by atoms with Gasteiger partial charge >= 0.3 is 0 Å². The zero-order valence-electron chi connectivity index (χ0n) is 22.1. The van der Waals surface area contributed by atoms with Crippen molar-refractivity contribution in [2.45, 2.75) is 50.9 Å². The van der Waals surface area contributed by atoms with Gasteiger partial charge in [-0.25, -0.2) is 22.5 Å². The molecule has 3 heterocycles. The van der Waals surface area contributed by atoms with Crippen LogP contribution in [0.4, 0.5) is 23.4 Å². The van der Waals surface area contributed by atoms with Gasteiger partial charge in [0.05, 0.1) is 17.6 Å². The molecule has 40 heavy (non-hydrogen) atoms. The first-order valence-electron chi connectivity index (χ1n) is 13.7. The Morgan fingerprint density at radius 3 is 2.73 bits per heavy atom. The maximum Gasteiger partial charge on any atom is 0.265 e. The molecule has 2 aliphatic rings. The summed E-state index contributed by atoms with van der Waals surface area (Å²) in [5, 5.41) is 2.83. The topological polar surface area (TPSA) is 67.2 Å². The van der Waals surface area contributed by atoms with E-state index < -0.39 is 35.4 Å². The van der Waals surface area contributed by atoms with Crippen molar-refractivity contribution in [3.8, 4) is 5.69 Å². The number of benzene rings is 1. The van der Waals surface area contributed by atoms with Crippen molar-refractivity contribution >= 4 is 22.8 Å². The van der Waals surface area contributed by atoms with Gasteiger partial charge < -0.3 is 10.2 Å². The molecule has 1 N–H and O–H groups in total. The first-order valence-corrected chi connectivity index (χ1v) is 13.7. The lowest BCUT2D eigenvalue weighted by atomic mass is 9.99. The Labute approximate surface area is 229 Å². The van der Waals surface area contributed by atoms with Gasteiger partial charge in [-0.05, 0) is 68.2 Å². The van der Waals surface area contributed by atoms with Gasteiger partial charge in [-0.15, -0.1) is 6.58 Å². The standard InChI is InChI=1S/C30H32F4N4O2/c1-2-4-19-5-6-20(15-19)11-13-35-29(40)23-17-38(25-9-7-21(31)16-24(25)32)28-22(27(23)39)8-10-26(36-28)37-14-3-12-30(33,34)18-37/h2,7-10,16-17,19-20H,1,3-6,11-15,18H2,(H,35,40). The van der Waals surface area contributed by atoms with Crippen LogP contribution < -0.4 is 15.6 Å². The van der Waals surface area contributed by atoms with E-state index in [1.165, 1.54) is 33.9 Å². The van der Waals surface area contributed by atoms with Crippen LogP contribution in [-0.4, -0.2) is 41.0 Å². The summed E-state index contributed by atoms with van der Waals surface area (Å²) in [4.78, 5) is 32.4. The summed E-state index contributed by atoms with van der Waals surface area (Å²) in [6, 6.07) is 5.80. The number of aromatic nitrogens is 2. The van der Waals surface area contributed by atoms with Crippen molar-refractivity contribution in [3.05, 3.63) is 76.6 Å². The summed E-state index contributed by atoms with van der Waals surface area (Å²) in [7, 11) is 0. The number of amides is 1. The Morgan fingerprint density at radius 2 is 1.98 bits per heavy atom. The van der Waals surface area contributed by atoms with Crippen molar-refractivity contribution in [1.29, 1.82) is 0 Å².